The van der Waals surface area contributed by atoms with Crippen molar-refractivity contribution in [3.05, 3.63) is 168 Å². The predicted molar refractivity (Wildman–Crippen MR) is 209 cm³/mol. The maximum atomic E-state index is 13.1. The molecule has 2 unspecified atom stereocenters. The highest BCUT2D eigenvalue weighted by Crippen LogP contribution is 2.45. The number of piperazine rings is 1. The van der Waals surface area contributed by atoms with E-state index >= 15 is 0 Å². The molecule has 2 atom stereocenters. The maximum absolute atomic E-state index is 13.1. The van der Waals surface area contributed by atoms with Crippen LogP contribution in [0.5, 0.6) is 0 Å². The third kappa shape index (κ3) is 8.11. The molecule has 0 radical (unpaired) electrons. The highest BCUT2D eigenvalue weighted by Gasteiger charge is 2.38. The summed E-state index contributed by atoms with van der Waals surface area (Å²) in [6, 6.07) is 44.8. The summed E-state index contributed by atoms with van der Waals surface area (Å²) in [4.78, 5) is 20.8. The number of benzene rings is 4. The lowest BCUT2D eigenvalue weighted by Gasteiger charge is -2.38. The molecule has 52 heavy (non-hydrogen) atoms. The Morgan fingerprint density at radius 1 is 0.788 bits per heavy atom. The standard InChI is InChI=1S/C44H50N4O3S/c1-3-46(28-13-14-29-47-30-31-48(34-42(47)35-49)52(50,51)43-22-15-27-45-33-43)36(2)32-37-23-25-41(26-24-37)44(38-16-7-4-8-17-38,39-18-9-5-10-19-39)40-20-11-6-12-21-40/h4-12,15-27,33,35-36,42H,3,13-14,28-32,34H2,1-2H3. The van der Waals surface area contributed by atoms with Gasteiger partial charge in [0.2, 0.25) is 10.0 Å². The first-order valence-electron chi connectivity index (χ1n) is 18.5. The number of aromatic nitrogens is 1. The van der Waals surface area contributed by atoms with E-state index in [2.05, 4.69) is 144 Å². The Kier molecular flexibility index (Phi) is 12.5. The van der Waals surface area contributed by atoms with Gasteiger partial charge in [-0.15, -0.1) is 0 Å². The largest absolute Gasteiger partial charge is 0.302 e. The van der Waals surface area contributed by atoms with E-state index in [1.165, 1.54) is 38.3 Å². The van der Waals surface area contributed by atoms with Gasteiger partial charge < -0.3 is 9.69 Å². The van der Waals surface area contributed by atoms with Crippen LogP contribution in [0.3, 0.4) is 0 Å². The van der Waals surface area contributed by atoms with Gasteiger partial charge in [0.1, 0.15) is 11.2 Å². The average molecular weight is 715 g/mol. The number of aldehydes is 1. The average Bonchev–Trinajstić information content (AvgIpc) is 3.20. The minimum atomic E-state index is -3.67. The summed E-state index contributed by atoms with van der Waals surface area (Å²) in [6.45, 7) is 8.29. The molecule has 7 nitrogen and oxygen atoms in total. The third-order valence-corrected chi connectivity index (χ3v) is 12.5. The Labute approximate surface area is 310 Å². The van der Waals surface area contributed by atoms with Gasteiger partial charge in [0.05, 0.1) is 11.5 Å². The number of rotatable bonds is 16. The number of nitrogens with zero attached hydrogens (tertiary/aromatic N) is 4. The van der Waals surface area contributed by atoms with E-state index in [4.69, 9.17) is 0 Å². The van der Waals surface area contributed by atoms with E-state index in [-0.39, 0.29) is 11.4 Å². The highest BCUT2D eigenvalue weighted by atomic mass is 32.2. The Morgan fingerprint density at radius 2 is 1.37 bits per heavy atom. The van der Waals surface area contributed by atoms with Crippen molar-refractivity contribution in [3.63, 3.8) is 0 Å². The van der Waals surface area contributed by atoms with Crippen molar-refractivity contribution in [1.29, 1.82) is 0 Å². The molecule has 0 bridgehead atoms. The molecule has 1 aliphatic rings. The van der Waals surface area contributed by atoms with Crippen LogP contribution in [0, 0.1) is 0 Å². The molecule has 5 aromatic rings. The highest BCUT2D eigenvalue weighted by molar-refractivity contribution is 7.89. The molecule has 1 saturated heterocycles. The minimum Gasteiger partial charge on any atom is -0.302 e. The first kappa shape index (κ1) is 37.3. The number of carbonyl (C=O) groups excluding carboxylic acids is 1. The molecule has 1 aliphatic heterocycles. The zero-order valence-electron chi connectivity index (χ0n) is 30.3. The number of unbranched alkanes of at least 4 members (excludes halogenated alkanes) is 1. The Balaban J connectivity index is 1.08. The summed E-state index contributed by atoms with van der Waals surface area (Å²) in [5, 5.41) is 0. The fourth-order valence-corrected chi connectivity index (χ4v) is 9.25. The molecule has 8 heteroatoms. The fraction of sp³-hybridized carbons (Fsp3) is 0.318. The zero-order valence-corrected chi connectivity index (χ0v) is 31.1. The molecule has 4 aromatic carbocycles. The van der Waals surface area contributed by atoms with Crippen LogP contribution in [0.15, 0.2) is 145 Å². The van der Waals surface area contributed by atoms with Gasteiger partial charge in [0.15, 0.2) is 0 Å². The van der Waals surface area contributed by atoms with Gasteiger partial charge in [0.25, 0.3) is 0 Å². The van der Waals surface area contributed by atoms with Gasteiger partial charge in [-0.2, -0.15) is 4.31 Å². The van der Waals surface area contributed by atoms with Gasteiger partial charge in [-0.1, -0.05) is 122 Å². The minimum absolute atomic E-state index is 0.164. The van der Waals surface area contributed by atoms with Crippen LogP contribution in [0.4, 0.5) is 0 Å². The number of likely N-dealkylation sites (N-methyl/N-ethyl adjacent to an activating group) is 1. The zero-order chi connectivity index (χ0) is 36.4. The number of pyridine rings is 1. The van der Waals surface area contributed by atoms with Gasteiger partial charge in [-0.3, -0.25) is 9.88 Å². The van der Waals surface area contributed by atoms with Crippen molar-refractivity contribution in [2.75, 3.05) is 39.3 Å². The second kappa shape index (κ2) is 17.4. The van der Waals surface area contributed by atoms with Gasteiger partial charge in [-0.25, -0.2) is 8.42 Å². The van der Waals surface area contributed by atoms with Crippen molar-refractivity contribution in [1.82, 2.24) is 19.1 Å². The molecule has 270 valence electrons. The van der Waals surface area contributed by atoms with Crippen molar-refractivity contribution in [2.45, 2.75) is 55.5 Å². The van der Waals surface area contributed by atoms with Crippen LogP contribution in [0.2, 0.25) is 0 Å². The SMILES string of the molecule is CCN(CCCCN1CCN(S(=O)(=O)c2cccnc2)CC1C=O)C(C)Cc1ccc(C(c2ccccc2)(c2ccccc2)c2ccccc2)cc1. The molecule has 1 aromatic heterocycles. The van der Waals surface area contributed by atoms with E-state index in [9.17, 15) is 13.2 Å². The summed E-state index contributed by atoms with van der Waals surface area (Å²) in [7, 11) is -3.67. The lowest BCUT2D eigenvalue weighted by Crippen LogP contribution is -2.55. The van der Waals surface area contributed by atoms with E-state index in [1.54, 1.807) is 18.3 Å². The van der Waals surface area contributed by atoms with Crippen LogP contribution in [0.1, 0.15) is 54.5 Å². The van der Waals surface area contributed by atoms with E-state index in [1.807, 2.05) is 0 Å². The molecule has 1 fully saturated rings. The normalized spacial score (nSPS) is 16.5. The number of hydrogen-bond donors (Lipinski definition) is 0. The Morgan fingerprint density at radius 3 is 1.88 bits per heavy atom. The maximum Gasteiger partial charge on any atom is 0.244 e. The van der Waals surface area contributed by atoms with Crippen molar-refractivity contribution >= 4 is 16.3 Å². The molecule has 0 saturated carbocycles. The third-order valence-electron chi connectivity index (χ3n) is 10.6. The summed E-state index contributed by atoms with van der Waals surface area (Å²) in [5.41, 5.74) is 5.81. The summed E-state index contributed by atoms with van der Waals surface area (Å²) in [5.74, 6) is 0. The number of carbonyl (C=O) groups is 1. The van der Waals surface area contributed by atoms with Crippen molar-refractivity contribution in [2.24, 2.45) is 0 Å². The first-order valence-corrected chi connectivity index (χ1v) is 19.9. The van der Waals surface area contributed by atoms with Crippen LogP contribution in [-0.4, -0.2) is 85.1 Å². The van der Waals surface area contributed by atoms with E-state index in [0.29, 0.717) is 19.1 Å². The van der Waals surface area contributed by atoms with Crippen LogP contribution in [0.25, 0.3) is 0 Å². The van der Waals surface area contributed by atoms with Gasteiger partial charge in [0, 0.05) is 38.1 Å². The molecular weight excluding hydrogens is 665 g/mol. The smallest absolute Gasteiger partial charge is 0.244 e. The molecule has 6 rings (SSSR count). The van der Waals surface area contributed by atoms with E-state index in [0.717, 1.165) is 45.2 Å². The van der Waals surface area contributed by atoms with Gasteiger partial charge in [-0.05, 0) is 85.8 Å². The number of hydrogen-bond acceptors (Lipinski definition) is 6. The lowest BCUT2D eigenvalue weighted by molar-refractivity contribution is -0.113. The fourth-order valence-electron chi connectivity index (χ4n) is 7.84. The lowest BCUT2D eigenvalue weighted by atomic mass is 9.65. The summed E-state index contributed by atoms with van der Waals surface area (Å²) >= 11 is 0. The summed E-state index contributed by atoms with van der Waals surface area (Å²) < 4.78 is 27.6. The molecule has 0 amide bonds. The first-order chi connectivity index (χ1) is 25.4. The van der Waals surface area contributed by atoms with E-state index < -0.39 is 21.5 Å². The Bertz CT molecular complexity index is 1850. The van der Waals surface area contributed by atoms with Crippen LogP contribution < -0.4 is 0 Å². The molecule has 2 heterocycles. The Hall–Kier alpha value is -4.47. The monoisotopic (exact) mass is 714 g/mol. The van der Waals surface area contributed by atoms with Crippen molar-refractivity contribution in [3.8, 4) is 0 Å². The second-order valence-electron chi connectivity index (χ2n) is 13.7. The topological polar surface area (TPSA) is 73.8 Å². The summed E-state index contributed by atoms with van der Waals surface area (Å²) in [6.07, 6.45) is 6.70. The number of sulfonamides is 1. The molecule has 0 spiro atoms. The van der Waals surface area contributed by atoms with Crippen LogP contribution in [-0.2, 0) is 26.7 Å². The predicted octanol–water partition coefficient (Wildman–Crippen LogP) is 7.07. The van der Waals surface area contributed by atoms with Crippen molar-refractivity contribution < 1.29 is 13.2 Å². The second-order valence-corrected chi connectivity index (χ2v) is 15.7. The van der Waals surface area contributed by atoms with Crippen LogP contribution >= 0.6 is 0 Å². The molecule has 0 N–H and O–H groups in total. The molecular formula is C44H50N4O3S. The quantitative estimate of drug-likeness (QED) is 0.0619. The van der Waals surface area contributed by atoms with Gasteiger partial charge >= 0.3 is 0 Å². The molecule has 0 aliphatic carbocycles.